The lowest BCUT2D eigenvalue weighted by Crippen LogP contribution is -2.43. The van der Waals surface area contributed by atoms with E-state index in [1.54, 1.807) is 18.2 Å². The number of ether oxygens (including phenoxy) is 3. The van der Waals surface area contributed by atoms with Crippen molar-refractivity contribution in [1.82, 2.24) is 10.4 Å². The van der Waals surface area contributed by atoms with Crippen LogP contribution in [-0.2, 0) is 9.53 Å². The molecule has 2 heterocycles. The van der Waals surface area contributed by atoms with Gasteiger partial charge in [-0.05, 0) is 30.7 Å². The molecule has 0 saturated carbocycles. The second-order valence-corrected chi connectivity index (χ2v) is 8.28. The molecular weight excluding hydrogens is 424 g/mol. The number of hydrogen-bond donors (Lipinski definition) is 1. The minimum atomic E-state index is -0.881. The summed E-state index contributed by atoms with van der Waals surface area (Å²) in [7, 11) is 2.94. The van der Waals surface area contributed by atoms with E-state index >= 15 is 0 Å². The number of nitrogens with zero attached hydrogens (tertiary/aromatic N) is 1. The van der Waals surface area contributed by atoms with Crippen molar-refractivity contribution in [3.63, 3.8) is 0 Å². The van der Waals surface area contributed by atoms with E-state index < -0.39 is 12.2 Å². The van der Waals surface area contributed by atoms with E-state index in [9.17, 15) is 9.59 Å². The molecule has 1 amide bonds. The van der Waals surface area contributed by atoms with Crippen molar-refractivity contribution < 1.29 is 23.8 Å². The van der Waals surface area contributed by atoms with Crippen LogP contribution in [0.3, 0.4) is 0 Å². The number of aryl methyl sites for hydroxylation is 1. The fourth-order valence-electron chi connectivity index (χ4n) is 3.21. The van der Waals surface area contributed by atoms with E-state index in [1.807, 2.05) is 31.2 Å². The summed E-state index contributed by atoms with van der Waals surface area (Å²) >= 11 is 6.54. The van der Waals surface area contributed by atoms with Crippen molar-refractivity contribution in [3.05, 3.63) is 63.6 Å². The van der Waals surface area contributed by atoms with Gasteiger partial charge in [0.2, 0.25) is 0 Å². The van der Waals surface area contributed by atoms with Crippen LogP contribution in [0.25, 0.3) is 6.08 Å². The molecule has 1 N–H and O–H groups in total. The summed E-state index contributed by atoms with van der Waals surface area (Å²) in [6.07, 6.45) is 0.900. The molecule has 1 atom stereocenters. The Morgan fingerprint density at radius 2 is 1.87 bits per heavy atom. The van der Waals surface area contributed by atoms with Gasteiger partial charge < -0.3 is 14.2 Å². The number of methoxy groups -OCH3 is 2. The summed E-state index contributed by atoms with van der Waals surface area (Å²) in [5.74, 6) is -0.177. The van der Waals surface area contributed by atoms with Gasteiger partial charge in [0, 0.05) is 5.56 Å². The smallest absolute Gasteiger partial charge is 0.344 e. The molecule has 2 aliphatic rings. The van der Waals surface area contributed by atoms with E-state index in [1.165, 1.54) is 31.0 Å². The summed E-state index contributed by atoms with van der Waals surface area (Å²) in [6.45, 7) is 2.00. The van der Waals surface area contributed by atoms with Crippen molar-refractivity contribution in [2.45, 2.75) is 13.2 Å². The van der Waals surface area contributed by atoms with Crippen LogP contribution in [-0.4, -0.2) is 35.4 Å². The summed E-state index contributed by atoms with van der Waals surface area (Å²) < 4.78 is 16.3. The highest BCUT2D eigenvalue weighted by molar-refractivity contribution is 8.26. The van der Waals surface area contributed by atoms with Crippen LogP contribution in [0.1, 0.15) is 33.3 Å². The summed E-state index contributed by atoms with van der Waals surface area (Å²) in [4.78, 5) is 25.8. The number of thioether (sulfide) groups is 1. The zero-order valence-electron chi connectivity index (χ0n) is 16.4. The highest BCUT2D eigenvalue weighted by Gasteiger charge is 2.40. The van der Waals surface area contributed by atoms with Crippen LogP contribution in [0.15, 0.2) is 41.3 Å². The maximum Gasteiger partial charge on any atom is 0.344 e. The average molecular weight is 443 g/mol. The number of esters is 1. The monoisotopic (exact) mass is 442 g/mol. The first kappa shape index (κ1) is 20.4. The summed E-state index contributed by atoms with van der Waals surface area (Å²) in [5.41, 5.74) is 5.75. The Hall–Kier alpha value is -2.88. The Bertz CT molecular complexity index is 1080. The molecule has 0 radical (unpaired) electrons. The predicted octanol–water partition coefficient (Wildman–Crippen LogP) is 3.59. The fourth-order valence-corrected chi connectivity index (χ4v) is 4.40. The molecule has 2 aromatic carbocycles. The third-order valence-corrected chi connectivity index (χ3v) is 6.01. The Kier molecular flexibility index (Phi) is 5.50. The first-order valence-corrected chi connectivity index (χ1v) is 10.2. The lowest BCUT2D eigenvalue weighted by Gasteiger charge is -2.21. The molecule has 9 heteroatoms. The molecule has 0 spiro atoms. The van der Waals surface area contributed by atoms with Gasteiger partial charge in [0.15, 0.2) is 22.0 Å². The number of fused-ring (bicyclic) bond motifs is 1. The highest BCUT2D eigenvalue weighted by atomic mass is 32.2. The van der Waals surface area contributed by atoms with Gasteiger partial charge in [-0.25, -0.2) is 9.80 Å². The lowest BCUT2D eigenvalue weighted by atomic mass is 10.1. The molecule has 0 bridgehead atoms. The minimum Gasteiger partial charge on any atom is -0.493 e. The molecule has 4 rings (SSSR count). The minimum absolute atomic E-state index is 0.259. The predicted molar refractivity (Wildman–Crippen MR) is 117 cm³/mol. The largest absolute Gasteiger partial charge is 0.493 e. The molecule has 154 valence electrons. The topological polar surface area (TPSA) is 77.1 Å². The van der Waals surface area contributed by atoms with Crippen molar-refractivity contribution in [2.24, 2.45) is 0 Å². The van der Waals surface area contributed by atoms with Gasteiger partial charge in [0.1, 0.15) is 5.56 Å². The van der Waals surface area contributed by atoms with Crippen LogP contribution in [0, 0.1) is 6.92 Å². The molecular formula is C21H18N2O5S2. The number of cyclic esters (lactones) is 1. The van der Waals surface area contributed by atoms with Gasteiger partial charge in [-0.3, -0.25) is 4.79 Å². The van der Waals surface area contributed by atoms with E-state index in [0.717, 1.165) is 11.1 Å². The molecule has 0 aromatic heterocycles. The average Bonchev–Trinajstić information content (AvgIpc) is 3.20. The van der Waals surface area contributed by atoms with Gasteiger partial charge in [0.05, 0.1) is 19.1 Å². The van der Waals surface area contributed by atoms with Crippen LogP contribution >= 0.6 is 24.0 Å². The SMILES string of the molecule is COc1ccc2c(c1OC)C(=O)OC2NN1C(=O)/C(=C/c2ccc(C)cc2)SC1=S. The fraction of sp³-hybridized carbons (Fsp3) is 0.190. The normalized spacial score (nSPS) is 19.3. The zero-order valence-corrected chi connectivity index (χ0v) is 18.1. The van der Waals surface area contributed by atoms with Gasteiger partial charge in [0.25, 0.3) is 5.91 Å². The lowest BCUT2D eigenvalue weighted by molar-refractivity contribution is -0.126. The van der Waals surface area contributed by atoms with Gasteiger partial charge in [-0.15, -0.1) is 0 Å². The van der Waals surface area contributed by atoms with E-state index in [0.29, 0.717) is 20.5 Å². The molecule has 1 saturated heterocycles. The number of nitrogens with one attached hydrogen (secondary N) is 1. The Balaban J connectivity index is 1.59. The number of carbonyl (C=O) groups excluding carboxylic acids is 2. The third-order valence-electron chi connectivity index (χ3n) is 4.70. The van der Waals surface area contributed by atoms with Crippen LogP contribution in [0.4, 0.5) is 0 Å². The first-order valence-electron chi connectivity index (χ1n) is 8.99. The number of hydrazine groups is 1. The van der Waals surface area contributed by atoms with Gasteiger partial charge in [-0.1, -0.05) is 53.8 Å². The van der Waals surface area contributed by atoms with Crippen LogP contribution in [0.5, 0.6) is 11.5 Å². The Morgan fingerprint density at radius 3 is 2.53 bits per heavy atom. The number of amides is 1. The second-order valence-electron chi connectivity index (χ2n) is 6.61. The number of carbonyl (C=O) groups is 2. The van der Waals surface area contributed by atoms with Gasteiger partial charge >= 0.3 is 5.97 Å². The van der Waals surface area contributed by atoms with Crippen LogP contribution in [0.2, 0.25) is 0 Å². The molecule has 7 nitrogen and oxygen atoms in total. The number of hydrogen-bond acceptors (Lipinski definition) is 8. The molecule has 0 aliphatic carbocycles. The third kappa shape index (κ3) is 3.55. The molecule has 2 aliphatic heterocycles. The number of benzene rings is 2. The Morgan fingerprint density at radius 1 is 1.13 bits per heavy atom. The molecule has 2 aromatic rings. The summed E-state index contributed by atoms with van der Waals surface area (Å²) in [6, 6.07) is 11.2. The van der Waals surface area contributed by atoms with Crippen molar-refractivity contribution in [1.29, 1.82) is 0 Å². The van der Waals surface area contributed by atoms with E-state index in [4.69, 9.17) is 26.4 Å². The quantitative estimate of drug-likeness (QED) is 0.428. The van der Waals surface area contributed by atoms with Crippen molar-refractivity contribution >= 4 is 46.3 Å². The van der Waals surface area contributed by atoms with E-state index in [2.05, 4.69) is 5.43 Å². The van der Waals surface area contributed by atoms with Crippen molar-refractivity contribution in [3.8, 4) is 11.5 Å². The van der Waals surface area contributed by atoms with Gasteiger partial charge in [-0.2, -0.15) is 5.43 Å². The van der Waals surface area contributed by atoms with Crippen molar-refractivity contribution in [2.75, 3.05) is 14.2 Å². The maximum absolute atomic E-state index is 12.9. The second kappa shape index (κ2) is 8.10. The molecule has 1 unspecified atom stereocenters. The Labute approximate surface area is 182 Å². The molecule has 1 fully saturated rings. The van der Waals surface area contributed by atoms with Crippen LogP contribution < -0.4 is 14.9 Å². The highest BCUT2D eigenvalue weighted by Crippen LogP contribution is 2.42. The standard InChI is InChI=1S/C21H18N2O5S2/c1-11-4-6-12(7-5-11)10-15-19(24)23(21(29)30-15)22-18-13-8-9-14(26-2)17(27-3)16(13)20(25)28-18/h4-10,18,22H,1-3H3/b15-10-. The van der Waals surface area contributed by atoms with E-state index in [-0.39, 0.29) is 17.2 Å². The molecule has 30 heavy (non-hydrogen) atoms. The summed E-state index contributed by atoms with van der Waals surface area (Å²) in [5, 5.41) is 1.23. The first-order chi connectivity index (χ1) is 14.4. The maximum atomic E-state index is 12.9. The number of rotatable bonds is 5. The number of thiocarbonyl (C=S) groups is 1. The zero-order chi connectivity index (χ0) is 21.4.